The summed E-state index contributed by atoms with van der Waals surface area (Å²) in [6, 6.07) is 17.0. The third-order valence-corrected chi connectivity index (χ3v) is 5.22. The van der Waals surface area contributed by atoms with Gasteiger partial charge in [-0.3, -0.25) is 9.20 Å². The summed E-state index contributed by atoms with van der Waals surface area (Å²) in [4.78, 5) is 12.3. The first-order valence-electron chi connectivity index (χ1n) is 7.78. The molecule has 2 heterocycles. The van der Waals surface area contributed by atoms with Crippen LogP contribution >= 0.6 is 23.4 Å². The van der Waals surface area contributed by atoms with Gasteiger partial charge in [-0.1, -0.05) is 53.7 Å². The maximum absolute atomic E-state index is 12.3. The van der Waals surface area contributed by atoms with Crippen molar-refractivity contribution in [2.24, 2.45) is 0 Å². The fraction of sp³-hybridized carbons (Fsp3) is 0.105. The number of carbonyl (C=O) groups is 1. The number of fused-ring (bicyclic) bond motifs is 3. The summed E-state index contributed by atoms with van der Waals surface area (Å²) in [6.45, 7) is 2.03. The smallest absolute Gasteiger partial charge is 0.196 e. The van der Waals surface area contributed by atoms with Gasteiger partial charge in [-0.2, -0.15) is 0 Å². The van der Waals surface area contributed by atoms with Crippen molar-refractivity contribution in [3.63, 3.8) is 0 Å². The molecule has 2 aromatic heterocycles. The Bertz CT molecular complexity index is 1090. The van der Waals surface area contributed by atoms with Crippen LogP contribution in [-0.2, 0) is 0 Å². The molecule has 0 spiro atoms. The molecule has 0 N–H and O–H groups in total. The van der Waals surface area contributed by atoms with E-state index in [-0.39, 0.29) is 5.78 Å². The molecule has 4 aromatic rings. The molecular formula is C19H14ClN3OS. The molecule has 4 rings (SSSR count). The second-order valence-electron chi connectivity index (χ2n) is 5.74. The second kappa shape index (κ2) is 6.50. The quantitative estimate of drug-likeness (QED) is 0.383. The van der Waals surface area contributed by atoms with E-state index in [9.17, 15) is 4.79 Å². The van der Waals surface area contributed by atoms with E-state index in [0.29, 0.717) is 21.5 Å². The zero-order valence-corrected chi connectivity index (χ0v) is 15.0. The largest absolute Gasteiger partial charge is 0.293 e. The lowest BCUT2D eigenvalue weighted by Gasteiger charge is -2.08. The molecule has 4 nitrogen and oxygen atoms in total. The first kappa shape index (κ1) is 16.1. The molecule has 0 aliphatic rings. The SMILES string of the molecule is Cc1cc2nnc(SCC(=O)c3ccccc3)n2c2ccc(Cl)cc12. The van der Waals surface area contributed by atoms with Crippen molar-refractivity contribution in [1.29, 1.82) is 0 Å². The number of pyridine rings is 1. The van der Waals surface area contributed by atoms with Gasteiger partial charge in [0, 0.05) is 16.0 Å². The van der Waals surface area contributed by atoms with Gasteiger partial charge in [-0.25, -0.2) is 0 Å². The Morgan fingerprint density at radius 1 is 1.12 bits per heavy atom. The van der Waals surface area contributed by atoms with Gasteiger partial charge in [0.15, 0.2) is 16.6 Å². The van der Waals surface area contributed by atoms with E-state index in [1.165, 1.54) is 11.8 Å². The summed E-state index contributed by atoms with van der Waals surface area (Å²) in [5, 5.41) is 11.0. The van der Waals surface area contributed by atoms with Gasteiger partial charge in [-0.15, -0.1) is 10.2 Å². The Hall–Kier alpha value is -2.37. The Morgan fingerprint density at radius 3 is 2.72 bits per heavy atom. The standard InChI is InChI=1S/C19H14ClN3OS/c1-12-9-18-21-22-19(23(18)16-8-7-14(20)10-15(12)16)25-11-17(24)13-5-3-2-4-6-13/h2-10H,11H2,1H3. The number of carbonyl (C=O) groups excluding carboxylic acids is 1. The predicted octanol–water partition coefficient (Wildman–Crippen LogP) is 4.82. The van der Waals surface area contributed by atoms with E-state index >= 15 is 0 Å². The minimum absolute atomic E-state index is 0.0711. The number of hydrogen-bond acceptors (Lipinski definition) is 4. The predicted molar refractivity (Wildman–Crippen MR) is 102 cm³/mol. The summed E-state index contributed by atoms with van der Waals surface area (Å²) in [5.41, 5.74) is 3.55. The Labute approximate surface area is 153 Å². The summed E-state index contributed by atoms with van der Waals surface area (Å²) in [5.74, 6) is 0.384. The number of benzene rings is 2. The lowest BCUT2D eigenvalue weighted by molar-refractivity contribution is 0.102. The number of Topliss-reactive ketones (excluding diaryl/α,β-unsaturated/α-hetero) is 1. The van der Waals surface area contributed by atoms with Gasteiger partial charge in [0.2, 0.25) is 0 Å². The number of nitrogens with zero attached hydrogens (tertiary/aromatic N) is 3. The van der Waals surface area contributed by atoms with Crippen molar-refractivity contribution >= 4 is 45.7 Å². The van der Waals surface area contributed by atoms with Gasteiger partial charge >= 0.3 is 0 Å². The van der Waals surface area contributed by atoms with Crippen molar-refractivity contribution in [2.75, 3.05) is 5.75 Å². The van der Waals surface area contributed by atoms with Crippen LogP contribution in [0.3, 0.4) is 0 Å². The van der Waals surface area contributed by atoms with Crippen molar-refractivity contribution in [3.05, 3.63) is 70.7 Å². The fourth-order valence-corrected chi connectivity index (χ4v) is 3.84. The van der Waals surface area contributed by atoms with E-state index in [1.54, 1.807) is 0 Å². The monoisotopic (exact) mass is 367 g/mol. The molecule has 25 heavy (non-hydrogen) atoms. The topological polar surface area (TPSA) is 47.3 Å². The molecule has 0 atom stereocenters. The Morgan fingerprint density at radius 2 is 1.92 bits per heavy atom. The fourth-order valence-electron chi connectivity index (χ4n) is 2.82. The first-order valence-corrected chi connectivity index (χ1v) is 9.15. The molecule has 124 valence electrons. The molecule has 0 saturated carbocycles. The molecule has 0 aliphatic carbocycles. The molecule has 6 heteroatoms. The number of aromatic nitrogens is 3. The van der Waals surface area contributed by atoms with Gasteiger partial charge in [0.1, 0.15) is 0 Å². The lowest BCUT2D eigenvalue weighted by Crippen LogP contribution is -2.03. The number of ketones is 1. The minimum atomic E-state index is 0.0711. The first-order chi connectivity index (χ1) is 12.1. The maximum Gasteiger partial charge on any atom is 0.196 e. The highest BCUT2D eigenvalue weighted by Gasteiger charge is 2.14. The summed E-state index contributed by atoms with van der Waals surface area (Å²) in [6.07, 6.45) is 0. The van der Waals surface area contributed by atoms with Crippen LogP contribution in [0.5, 0.6) is 0 Å². The maximum atomic E-state index is 12.3. The number of hydrogen-bond donors (Lipinski definition) is 0. The number of rotatable bonds is 4. The summed E-state index contributed by atoms with van der Waals surface area (Å²) < 4.78 is 1.97. The van der Waals surface area contributed by atoms with Crippen LogP contribution in [-0.4, -0.2) is 26.1 Å². The van der Waals surface area contributed by atoms with Crippen molar-refractivity contribution < 1.29 is 4.79 Å². The minimum Gasteiger partial charge on any atom is -0.293 e. The highest BCUT2D eigenvalue weighted by Crippen LogP contribution is 2.28. The van der Waals surface area contributed by atoms with Gasteiger partial charge in [0.25, 0.3) is 0 Å². The van der Waals surface area contributed by atoms with Crippen LogP contribution in [0.15, 0.2) is 59.8 Å². The highest BCUT2D eigenvalue weighted by molar-refractivity contribution is 7.99. The molecule has 0 fully saturated rings. The normalized spacial score (nSPS) is 11.3. The van der Waals surface area contributed by atoms with Gasteiger partial charge in [0.05, 0.1) is 11.3 Å². The Kier molecular flexibility index (Phi) is 4.19. The summed E-state index contributed by atoms with van der Waals surface area (Å²) >= 11 is 7.53. The number of thioether (sulfide) groups is 1. The molecule has 0 amide bonds. The van der Waals surface area contributed by atoms with Crippen LogP contribution < -0.4 is 0 Å². The average Bonchev–Trinajstić information content (AvgIpc) is 3.03. The Balaban J connectivity index is 1.72. The molecule has 0 radical (unpaired) electrons. The molecule has 0 aliphatic heterocycles. The van der Waals surface area contributed by atoms with E-state index in [1.807, 2.05) is 65.9 Å². The molecule has 0 bridgehead atoms. The zero-order valence-electron chi connectivity index (χ0n) is 13.4. The van der Waals surface area contributed by atoms with E-state index in [4.69, 9.17) is 11.6 Å². The highest BCUT2D eigenvalue weighted by atomic mass is 35.5. The van der Waals surface area contributed by atoms with Crippen LogP contribution in [0, 0.1) is 6.92 Å². The third kappa shape index (κ3) is 3.01. The lowest BCUT2D eigenvalue weighted by atomic mass is 10.1. The average molecular weight is 368 g/mol. The van der Waals surface area contributed by atoms with Crippen molar-refractivity contribution in [2.45, 2.75) is 12.1 Å². The molecule has 0 saturated heterocycles. The van der Waals surface area contributed by atoms with E-state index < -0.39 is 0 Å². The van der Waals surface area contributed by atoms with Crippen LogP contribution in [0.1, 0.15) is 15.9 Å². The number of aryl methyl sites for hydroxylation is 1. The van der Waals surface area contributed by atoms with Gasteiger partial charge in [-0.05, 0) is 36.8 Å². The van der Waals surface area contributed by atoms with E-state index in [0.717, 1.165) is 22.1 Å². The summed E-state index contributed by atoms with van der Waals surface area (Å²) in [7, 11) is 0. The van der Waals surface area contributed by atoms with Crippen molar-refractivity contribution in [3.8, 4) is 0 Å². The van der Waals surface area contributed by atoms with Crippen molar-refractivity contribution in [1.82, 2.24) is 14.6 Å². The molecule has 0 unspecified atom stereocenters. The second-order valence-corrected chi connectivity index (χ2v) is 7.12. The molecule has 2 aromatic carbocycles. The van der Waals surface area contributed by atoms with Crippen LogP contribution in [0.2, 0.25) is 5.02 Å². The third-order valence-electron chi connectivity index (χ3n) is 4.06. The van der Waals surface area contributed by atoms with E-state index in [2.05, 4.69) is 10.2 Å². The van der Waals surface area contributed by atoms with Crippen LogP contribution in [0.4, 0.5) is 0 Å². The molecular weight excluding hydrogens is 354 g/mol. The zero-order chi connectivity index (χ0) is 17.4. The number of halogens is 1. The van der Waals surface area contributed by atoms with Crippen LogP contribution in [0.25, 0.3) is 16.6 Å². The van der Waals surface area contributed by atoms with Gasteiger partial charge < -0.3 is 0 Å².